The summed E-state index contributed by atoms with van der Waals surface area (Å²) in [6.45, 7) is 7.26. The molecule has 0 aliphatic rings. The lowest BCUT2D eigenvalue weighted by molar-refractivity contribution is -0.144. The normalized spacial score (nSPS) is 15.5. The van der Waals surface area contributed by atoms with Crippen LogP contribution in [0.1, 0.15) is 59.8 Å². The van der Waals surface area contributed by atoms with Gasteiger partial charge in [-0.2, -0.15) is 11.8 Å². The second kappa shape index (κ2) is 16.3. The number of nitrogens with one attached hydrogen (secondary N) is 3. The van der Waals surface area contributed by atoms with Crippen molar-refractivity contribution in [1.82, 2.24) is 16.0 Å². The number of carbonyl (C=O) groups is 5. The van der Waals surface area contributed by atoms with E-state index in [0.29, 0.717) is 12.2 Å². The molecule has 0 radical (unpaired) electrons. The molecule has 34 heavy (non-hydrogen) atoms. The van der Waals surface area contributed by atoms with Crippen LogP contribution in [0.3, 0.4) is 0 Å². The molecule has 0 rings (SSSR count). The first-order valence-corrected chi connectivity index (χ1v) is 12.8. The van der Waals surface area contributed by atoms with Crippen molar-refractivity contribution in [3.63, 3.8) is 0 Å². The number of aliphatic carboxylic acids is 2. The largest absolute Gasteiger partial charge is 0.481 e. The van der Waals surface area contributed by atoms with E-state index < -0.39 is 53.8 Å². The van der Waals surface area contributed by atoms with E-state index in [0.717, 1.165) is 0 Å². The Kier molecular flexibility index (Phi) is 15.2. The number of carboxylic acid groups (broad SMARTS) is 2. The summed E-state index contributed by atoms with van der Waals surface area (Å²) in [7, 11) is 0. The first-order valence-electron chi connectivity index (χ1n) is 11.4. The summed E-state index contributed by atoms with van der Waals surface area (Å²) in [5, 5.41) is 26.0. The van der Waals surface area contributed by atoms with E-state index in [9.17, 15) is 29.1 Å². The molecule has 5 unspecified atom stereocenters. The average molecular weight is 505 g/mol. The van der Waals surface area contributed by atoms with Crippen LogP contribution >= 0.6 is 11.8 Å². The van der Waals surface area contributed by atoms with Gasteiger partial charge >= 0.3 is 11.9 Å². The molecule has 0 aromatic heterocycles. The third-order valence-electron chi connectivity index (χ3n) is 5.37. The minimum absolute atomic E-state index is 0.0200. The van der Waals surface area contributed by atoms with Gasteiger partial charge in [0.1, 0.15) is 18.1 Å². The smallest absolute Gasteiger partial charge is 0.326 e. The van der Waals surface area contributed by atoms with E-state index in [-0.39, 0.29) is 37.5 Å². The lowest BCUT2D eigenvalue weighted by Gasteiger charge is -2.27. The number of nitrogens with two attached hydrogens (primary N) is 1. The van der Waals surface area contributed by atoms with Gasteiger partial charge in [-0.25, -0.2) is 4.79 Å². The standard InChI is InChI=1S/C22H40N4O7S/c1-6-13(4)18(22(32)33)26-20(30)15(9-10-34-5)24-21(31)16(11-12(2)3)25-19(29)14(23)7-8-17(27)28/h12-16,18H,6-11,23H2,1-5H3,(H,24,31)(H,25,29)(H,26,30)(H,27,28)(H,32,33). The molecule has 3 amide bonds. The molecule has 5 atom stereocenters. The molecule has 0 spiro atoms. The van der Waals surface area contributed by atoms with Crippen LogP contribution in [0.15, 0.2) is 0 Å². The lowest BCUT2D eigenvalue weighted by Crippen LogP contribution is -2.58. The highest BCUT2D eigenvalue weighted by atomic mass is 32.2. The molecule has 0 aromatic carbocycles. The van der Waals surface area contributed by atoms with Crippen molar-refractivity contribution in [2.75, 3.05) is 12.0 Å². The molecule has 0 fully saturated rings. The fourth-order valence-corrected chi connectivity index (χ4v) is 3.58. The quantitative estimate of drug-likeness (QED) is 0.164. The number of amides is 3. The maximum Gasteiger partial charge on any atom is 0.326 e. The Hall–Kier alpha value is -2.34. The Morgan fingerprint density at radius 2 is 1.44 bits per heavy atom. The third kappa shape index (κ3) is 12.2. The molecule has 0 aromatic rings. The zero-order chi connectivity index (χ0) is 26.4. The summed E-state index contributed by atoms with van der Waals surface area (Å²) in [5.74, 6) is -3.84. The number of carbonyl (C=O) groups excluding carboxylic acids is 3. The molecule has 196 valence electrons. The summed E-state index contributed by atoms with van der Waals surface area (Å²) in [5.41, 5.74) is 5.76. The Morgan fingerprint density at radius 1 is 0.882 bits per heavy atom. The van der Waals surface area contributed by atoms with Crippen molar-refractivity contribution in [1.29, 1.82) is 0 Å². The molecule has 0 heterocycles. The second-order valence-electron chi connectivity index (χ2n) is 8.78. The van der Waals surface area contributed by atoms with Gasteiger partial charge in [0.05, 0.1) is 6.04 Å². The van der Waals surface area contributed by atoms with Crippen LogP contribution < -0.4 is 21.7 Å². The molecular weight excluding hydrogens is 464 g/mol. The van der Waals surface area contributed by atoms with Crippen LogP contribution in [0.25, 0.3) is 0 Å². The van der Waals surface area contributed by atoms with Crippen LogP contribution in [0.2, 0.25) is 0 Å². The summed E-state index contributed by atoms with van der Waals surface area (Å²) in [4.78, 5) is 60.7. The number of hydrogen-bond donors (Lipinski definition) is 6. The minimum atomic E-state index is -1.15. The van der Waals surface area contributed by atoms with Crippen molar-refractivity contribution in [2.24, 2.45) is 17.6 Å². The lowest BCUT2D eigenvalue weighted by atomic mass is 9.98. The second-order valence-corrected chi connectivity index (χ2v) is 9.77. The molecule has 0 bridgehead atoms. The topological polar surface area (TPSA) is 188 Å². The summed E-state index contributed by atoms with van der Waals surface area (Å²) < 4.78 is 0. The van der Waals surface area contributed by atoms with Gasteiger partial charge < -0.3 is 31.9 Å². The van der Waals surface area contributed by atoms with Crippen LogP contribution in [-0.4, -0.2) is 76.0 Å². The van der Waals surface area contributed by atoms with E-state index in [1.807, 2.05) is 27.0 Å². The van der Waals surface area contributed by atoms with E-state index in [2.05, 4.69) is 16.0 Å². The fourth-order valence-electron chi connectivity index (χ4n) is 3.11. The summed E-state index contributed by atoms with van der Waals surface area (Å²) >= 11 is 1.47. The van der Waals surface area contributed by atoms with Crippen molar-refractivity contribution in [3.8, 4) is 0 Å². The van der Waals surface area contributed by atoms with Gasteiger partial charge in [-0.1, -0.05) is 34.1 Å². The Labute approximate surface area is 205 Å². The fraction of sp³-hybridized carbons (Fsp3) is 0.773. The Morgan fingerprint density at radius 3 is 1.91 bits per heavy atom. The molecule has 12 heteroatoms. The summed E-state index contributed by atoms with van der Waals surface area (Å²) in [6, 6.07) is -4.17. The first kappa shape index (κ1) is 31.7. The maximum atomic E-state index is 13.0. The van der Waals surface area contributed by atoms with E-state index in [1.54, 1.807) is 6.92 Å². The van der Waals surface area contributed by atoms with Crippen molar-refractivity contribution in [2.45, 2.75) is 84.0 Å². The van der Waals surface area contributed by atoms with Crippen LogP contribution in [0.5, 0.6) is 0 Å². The van der Waals surface area contributed by atoms with Crippen molar-refractivity contribution >= 4 is 41.4 Å². The predicted octanol–water partition coefficient (Wildman–Crippen LogP) is 0.563. The zero-order valence-corrected chi connectivity index (χ0v) is 21.4. The van der Waals surface area contributed by atoms with Gasteiger partial charge in [0.15, 0.2) is 0 Å². The molecule has 0 aliphatic heterocycles. The highest BCUT2D eigenvalue weighted by Gasteiger charge is 2.32. The van der Waals surface area contributed by atoms with Crippen LogP contribution in [0.4, 0.5) is 0 Å². The van der Waals surface area contributed by atoms with Gasteiger partial charge in [0.25, 0.3) is 0 Å². The molecule has 0 aliphatic carbocycles. The Balaban J connectivity index is 5.48. The van der Waals surface area contributed by atoms with Gasteiger partial charge in [-0.3, -0.25) is 19.2 Å². The highest BCUT2D eigenvalue weighted by molar-refractivity contribution is 7.98. The molecule has 11 nitrogen and oxygen atoms in total. The molecule has 7 N–H and O–H groups in total. The predicted molar refractivity (Wildman–Crippen MR) is 130 cm³/mol. The van der Waals surface area contributed by atoms with E-state index in [4.69, 9.17) is 10.8 Å². The van der Waals surface area contributed by atoms with Gasteiger partial charge in [0.2, 0.25) is 17.7 Å². The van der Waals surface area contributed by atoms with E-state index >= 15 is 0 Å². The molecular formula is C22H40N4O7S. The van der Waals surface area contributed by atoms with Crippen molar-refractivity contribution in [3.05, 3.63) is 0 Å². The number of carboxylic acids is 2. The molecule has 0 saturated carbocycles. The number of rotatable bonds is 17. The van der Waals surface area contributed by atoms with Gasteiger partial charge in [-0.15, -0.1) is 0 Å². The van der Waals surface area contributed by atoms with Crippen molar-refractivity contribution < 1.29 is 34.2 Å². The Bertz CT molecular complexity index is 705. The SMILES string of the molecule is CCC(C)C(NC(=O)C(CCSC)NC(=O)C(CC(C)C)NC(=O)C(N)CCC(=O)O)C(=O)O. The minimum Gasteiger partial charge on any atom is -0.481 e. The summed E-state index contributed by atoms with van der Waals surface area (Å²) in [6.07, 6.45) is 2.56. The molecule has 0 saturated heterocycles. The highest BCUT2D eigenvalue weighted by Crippen LogP contribution is 2.11. The van der Waals surface area contributed by atoms with Gasteiger partial charge in [-0.05, 0) is 43.1 Å². The van der Waals surface area contributed by atoms with Crippen LogP contribution in [0, 0.1) is 11.8 Å². The van der Waals surface area contributed by atoms with E-state index in [1.165, 1.54) is 11.8 Å². The third-order valence-corrected chi connectivity index (χ3v) is 6.01. The number of thioether (sulfide) groups is 1. The monoisotopic (exact) mass is 504 g/mol. The first-order chi connectivity index (χ1) is 15.8. The number of hydrogen-bond acceptors (Lipinski definition) is 7. The maximum absolute atomic E-state index is 13.0. The van der Waals surface area contributed by atoms with Crippen LogP contribution in [-0.2, 0) is 24.0 Å². The van der Waals surface area contributed by atoms with Gasteiger partial charge in [0, 0.05) is 6.42 Å². The average Bonchev–Trinajstić information content (AvgIpc) is 2.76. The zero-order valence-electron chi connectivity index (χ0n) is 20.6.